The Labute approximate surface area is 186 Å². The number of rotatable bonds is 6. The van der Waals surface area contributed by atoms with Crippen molar-refractivity contribution in [3.8, 4) is 0 Å². The predicted octanol–water partition coefficient (Wildman–Crippen LogP) is 4.74. The topological polar surface area (TPSA) is 66.5 Å². The number of anilines is 2. The molecule has 2 aliphatic rings. The highest BCUT2D eigenvalue weighted by molar-refractivity contribution is 8.00. The van der Waals surface area contributed by atoms with Gasteiger partial charge in [0, 0.05) is 10.6 Å². The number of hydrogen-bond donors (Lipinski definition) is 1. The molecule has 2 aromatic carbocycles. The number of imide groups is 1. The molecule has 0 aromatic heterocycles. The van der Waals surface area contributed by atoms with Gasteiger partial charge in [-0.3, -0.25) is 19.3 Å². The van der Waals surface area contributed by atoms with Gasteiger partial charge in [0.2, 0.25) is 17.7 Å². The summed E-state index contributed by atoms with van der Waals surface area (Å²) in [5.74, 6) is -0.448. The Morgan fingerprint density at radius 3 is 2.29 bits per heavy atom. The van der Waals surface area contributed by atoms with E-state index >= 15 is 0 Å². The zero-order valence-electron chi connectivity index (χ0n) is 17.8. The number of para-hydroxylation sites is 1. The summed E-state index contributed by atoms with van der Waals surface area (Å²) >= 11 is 1.43. The van der Waals surface area contributed by atoms with Crippen LogP contribution in [0.25, 0.3) is 0 Å². The fourth-order valence-electron chi connectivity index (χ4n) is 4.27. The van der Waals surface area contributed by atoms with Gasteiger partial charge in [0.05, 0.1) is 23.3 Å². The summed E-state index contributed by atoms with van der Waals surface area (Å²) in [7, 11) is 0. The molecule has 0 bridgehead atoms. The van der Waals surface area contributed by atoms with Crippen LogP contribution >= 0.6 is 11.8 Å². The van der Waals surface area contributed by atoms with Gasteiger partial charge in [-0.15, -0.1) is 11.8 Å². The molecule has 2 atom stereocenters. The minimum absolute atomic E-state index is 0.0560. The van der Waals surface area contributed by atoms with Crippen LogP contribution < -0.4 is 10.2 Å². The second-order valence-electron chi connectivity index (χ2n) is 7.96. The van der Waals surface area contributed by atoms with E-state index in [2.05, 4.69) is 12.2 Å². The molecule has 3 amide bonds. The number of nitrogens with zero attached hydrogens (tertiary/aromatic N) is 1. The Bertz CT molecular complexity index is 1020. The van der Waals surface area contributed by atoms with Gasteiger partial charge in [0.25, 0.3) is 0 Å². The van der Waals surface area contributed by atoms with E-state index in [1.54, 1.807) is 12.1 Å². The quantitative estimate of drug-likeness (QED) is 0.405. The van der Waals surface area contributed by atoms with E-state index in [4.69, 9.17) is 0 Å². The van der Waals surface area contributed by atoms with E-state index in [1.807, 2.05) is 49.4 Å². The van der Waals surface area contributed by atoms with Crippen molar-refractivity contribution in [2.45, 2.75) is 38.0 Å². The molecule has 0 radical (unpaired) electrons. The molecule has 0 spiro atoms. The van der Waals surface area contributed by atoms with Gasteiger partial charge in [0.1, 0.15) is 0 Å². The van der Waals surface area contributed by atoms with Gasteiger partial charge in [-0.05, 0) is 61.6 Å². The summed E-state index contributed by atoms with van der Waals surface area (Å²) in [4.78, 5) is 40.2. The van der Waals surface area contributed by atoms with Gasteiger partial charge in [0.15, 0.2) is 0 Å². The van der Waals surface area contributed by atoms with Crippen LogP contribution in [-0.2, 0) is 20.8 Å². The maximum absolute atomic E-state index is 12.7. The summed E-state index contributed by atoms with van der Waals surface area (Å²) in [5.41, 5.74) is 3.68. The number of carbonyl (C=O) groups excluding carboxylic acids is 3. The van der Waals surface area contributed by atoms with E-state index in [1.165, 1.54) is 16.7 Å². The van der Waals surface area contributed by atoms with Crippen LogP contribution in [0, 0.1) is 18.8 Å². The van der Waals surface area contributed by atoms with Crippen molar-refractivity contribution in [3.05, 3.63) is 65.7 Å². The number of allylic oxidation sites excluding steroid dienone is 2. The summed E-state index contributed by atoms with van der Waals surface area (Å²) in [6, 6.07) is 13.3. The van der Waals surface area contributed by atoms with Crippen molar-refractivity contribution in [1.29, 1.82) is 0 Å². The normalized spacial score (nSPS) is 20.1. The van der Waals surface area contributed by atoms with Crippen molar-refractivity contribution in [2.24, 2.45) is 11.8 Å². The van der Waals surface area contributed by atoms with Crippen molar-refractivity contribution >= 4 is 40.9 Å². The highest BCUT2D eigenvalue weighted by atomic mass is 32.2. The molecule has 6 heteroatoms. The molecule has 5 nitrogen and oxygen atoms in total. The summed E-state index contributed by atoms with van der Waals surface area (Å²) in [6.45, 7) is 4.07. The average Bonchev–Trinajstić information content (AvgIpc) is 3.04. The average molecular weight is 435 g/mol. The molecule has 31 heavy (non-hydrogen) atoms. The Morgan fingerprint density at radius 2 is 1.68 bits per heavy atom. The number of carbonyl (C=O) groups is 3. The van der Waals surface area contributed by atoms with E-state index in [-0.39, 0.29) is 35.3 Å². The summed E-state index contributed by atoms with van der Waals surface area (Å²) in [5, 5.41) is 3.03. The van der Waals surface area contributed by atoms with Gasteiger partial charge in [-0.1, -0.05) is 37.3 Å². The Hall–Kier alpha value is -2.86. The fourth-order valence-corrected chi connectivity index (χ4v) is 4.97. The lowest BCUT2D eigenvalue weighted by Crippen LogP contribution is -2.30. The number of hydrogen-bond acceptors (Lipinski definition) is 4. The first-order valence-corrected chi connectivity index (χ1v) is 11.6. The second-order valence-corrected chi connectivity index (χ2v) is 9.01. The van der Waals surface area contributed by atoms with Crippen LogP contribution in [0.2, 0.25) is 0 Å². The van der Waals surface area contributed by atoms with Crippen LogP contribution in [-0.4, -0.2) is 23.5 Å². The van der Waals surface area contributed by atoms with E-state index in [9.17, 15) is 14.4 Å². The third kappa shape index (κ3) is 4.30. The first-order valence-electron chi connectivity index (χ1n) is 10.6. The number of thioether (sulfide) groups is 1. The van der Waals surface area contributed by atoms with E-state index < -0.39 is 0 Å². The van der Waals surface area contributed by atoms with Crippen molar-refractivity contribution in [2.75, 3.05) is 16.0 Å². The highest BCUT2D eigenvalue weighted by Crippen LogP contribution is 2.38. The third-order valence-electron chi connectivity index (χ3n) is 5.98. The van der Waals surface area contributed by atoms with Crippen LogP contribution in [0.1, 0.15) is 30.9 Å². The van der Waals surface area contributed by atoms with Gasteiger partial charge >= 0.3 is 0 Å². The Morgan fingerprint density at radius 1 is 1.03 bits per heavy atom. The van der Waals surface area contributed by atoms with Gasteiger partial charge in [-0.25, -0.2) is 0 Å². The molecule has 0 unspecified atom stereocenters. The molecule has 160 valence electrons. The fraction of sp³-hybridized carbons (Fsp3) is 0.320. The van der Waals surface area contributed by atoms with Crippen molar-refractivity contribution in [1.82, 2.24) is 0 Å². The van der Waals surface area contributed by atoms with Crippen LogP contribution in [0.5, 0.6) is 0 Å². The lowest BCUT2D eigenvalue weighted by atomic mass is 9.85. The smallest absolute Gasteiger partial charge is 0.238 e. The molecule has 1 heterocycles. The minimum Gasteiger partial charge on any atom is -0.325 e. The maximum Gasteiger partial charge on any atom is 0.238 e. The largest absolute Gasteiger partial charge is 0.325 e. The monoisotopic (exact) mass is 434 g/mol. The molecule has 1 N–H and O–H groups in total. The summed E-state index contributed by atoms with van der Waals surface area (Å²) in [6.07, 6.45) is 6.10. The Balaban J connectivity index is 1.38. The SMILES string of the molecule is CCc1cccc(C)c1NC(=O)CSc1ccc(N2C(=O)[C@H]3CC=CC[C@H]3C2=O)cc1. The second kappa shape index (κ2) is 9.10. The van der Waals surface area contributed by atoms with Crippen molar-refractivity contribution < 1.29 is 14.4 Å². The maximum atomic E-state index is 12.7. The van der Waals surface area contributed by atoms with Gasteiger partial charge < -0.3 is 5.32 Å². The molecule has 1 aliphatic heterocycles. The molecule has 1 fully saturated rings. The first kappa shape index (κ1) is 21.4. The number of benzene rings is 2. The number of amides is 3. The zero-order chi connectivity index (χ0) is 22.0. The van der Waals surface area contributed by atoms with Crippen molar-refractivity contribution in [3.63, 3.8) is 0 Å². The lowest BCUT2D eigenvalue weighted by molar-refractivity contribution is -0.122. The molecular formula is C25H26N2O3S. The molecular weight excluding hydrogens is 408 g/mol. The molecule has 0 saturated carbocycles. The lowest BCUT2D eigenvalue weighted by Gasteiger charge is -2.15. The molecule has 2 aromatic rings. The highest BCUT2D eigenvalue weighted by Gasteiger charge is 2.47. The predicted molar refractivity (Wildman–Crippen MR) is 124 cm³/mol. The standard InChI is InChI=1S/C25H26N2O3S/c1-3-17-8-6-7-16(2)23(17)26-22(28)15-31-19-13-11-18(12-14-19)27-24(29)20-9-4-5-10-21(20)25(27)30/h4-8,11-14,20-21H,3,9-10,15H2,1-2H3,(H,26,28)/t20-,21+. The van der Waals surface area contributed by atoms with Crippen LogP contribution in [0.3, 0.4) is 0 Å². The van der Waals surface area contributed by atoms with E-state index in [0.29, 0.717) is 18.5 Å². The third-order valence-corrected chi connectivity index (χ3v) is 6.99. The summed E-state index contributed by atoms with van der Waals surface area (Å²) < 4.78 is 0. The minimum atomic E-state index is -0.232. The van der Waals surface area contributed by atoms with Crippen LogP contribution in [0.4, 0.5) is 11.4 Å². The zero-order valence-corrected chi connectivity index (χ0v) is 18.6. The van der Waals surface area contributed by atoms with Crippen LogP contribution in [0.15, 0.2) is 59.5 Å². The molecule has 1 aliphatic carbocycles. The molecule has 1 saturated heterocycles. The number of aryl methyl sites for hydroxylation is 2. The Kier molecular flexibility index (Phi) is 6.28. The van der Waals surface area contributed by atoms with Gasteiger partial charge in [-0.2, -0.15) is 0 Å². The number of fused-ring (bicyclic) bond motifs is 1. The molecule has 4 rings (SSSR count). The van der Waals surface area contributed by atoms with E-state index in [0.717, 1.165) is 28.1 Å². The first-order chi connectivity index (χ1) is 15.0. The number of nitrogens with one attached hydrogen (secondary N) is 1.